The van der Waals surface area contributed by atoms with Gasteiger partial charge in [-0.25, -0.2) is 4.79 Å². The van der Waals surface area contributed by atoms with Crippen LogP contribution < -0.4 is 0 Å². The van der Waals surface area contributed by atoms with Gasteiger partial charge in [-0.1, -0.05) is 31.4 Å². The average molecular weight is 585 g/mol. The number of benzene rings is 1. The monoisotopic (exact) mass is 584 g/mol. The van der Waals surface area contributed by atoms with E-state index in [1.807, 2.05) is 18.7 Å². The molecule has 0 spiro atoms. The Morgan fingerprint density at radius 3 is 2.23 bits per heavy atom. The number of hydrogen-bond donors (Lipinski definition) is 1. The third kappa shape index (κ3) is 5.48. The number of methoxy groups -OCH3 is 1. The summed E-state index contributed by atoms with van der Waals surface area (Å²) in [5.41, 5.74) is -0.0288. The standard InChI is InChI=1S/C26H34N2O4S.C2HF3O2/c1-3-27-23(29)20-21(24(27)30)26(25(31)32-2)15-7-8-16-28(26)22(20)17-11-13-19(14-12-17)33-18-9-5-4-6-10-18;3-2(4,5)1(6)7/h11-14,18,20-22H,3-10,15-16H2,1-2H3;(H,6,7)/t20-,21-,22-,26+;/m1./s1. The molecule has 1 N–H and O–H groups in total. The van der Waals surface area contributed by atoms with Crippen LogP contribution in [0.5, 0.6) is 0 Å². The maximum absolute atomic E-state index is 13.5. The molecule has 12 heteroatoms. The maximum atomic E-state index is 13.5. The molecular weight excluding hydrogens is 549 g/mol. The SMILES string of the molecule is CCN1C(=O)[C@H]2[C@@H](c3ccc(SC4CCCCC4)cc3)N3CCCC[C@@]3(C(=O)OC)[C@H]2C1=O.O=C(O)C(F)(F)F. The lowest BCUT2D eigenvalue weighted by atomic mass is 9.75. The number of halogens is 3. The van der Waals surface area contributed by atoms with Crippen LogP contribution in [0.3, 0.4) is 0 Å². The van der Waals surface area contributed by atoms with Gasteiger partial charge in [-0.2, -0.15) is 13.2 Å². The Labute approximate surface area is 235 Å². The number of rotatable bonds is 5. The second kappa shape index (κ2) is 12.1. The number of esters is 1. The molecule has 3 saturated heterocycles. The molecule has 4 atom stereocenters. The van der Waals surface area contributed by atoms with E-state index in [1.165, 1.54) is 49.0 Å². The summed E-state index contributed by atoms with van der Waals surface area (Å²) in [6, 6.07) is 8.26. The lowest BCUT2D eigenvalue weighted by Crippen LogP contribution is -2.59. The Kier molecular flexibility index (Phi) is 9.18. The molecular formula is C28H35F3N2O6S. The van der Waals surface area contributed by atoms with Crippen molar-refractivity contribution < 1.29 is 42.2 Å². The zero-order chi connectivity index (χ0) is 29.2. The minimum Gasteiger partial charge on any atom is -0.475 e. The zero-order valence-electron chi connectivity index (χ0n) is 22.6. The van der Waals surface area contributed by atoms with Crippen LogP contribution in [-0.2, 0) is 23.9 Å². The Balaban J connectivity index is 0.000000470. The molecule has 3 aliphatic heterocycles. The van der Waals surface area contributed by atoms with Gasteiger partial charge in [0.15, 0.2) is 0 Å². The van der Waals surface area contributed by atoms with Crippen LogP contribution >= 0.6 is 11.8 Å². The predicted molar refractivity (Wildman–Crippen MR) is 140 cm³/mol. The Bertz CT molecular complexity index is 1120. The lowest BCUT2D eigenvalue weighted by Gasteiger charge is -2.44. The third-order valence-corrected chi connectivity index (χ3v) is 9.88. The fraction of sp³-hybridized carbons (Fsp3) is 0.643. The van der Waals surface area contributed by atoms with E-state index in [1.54, 1.807) is 0 Å². The maximum Gasteiger partial charge on any atom is 0.490 e. The quantitative estimate of drug-likeness (QED) is 0.388. The van der Waals surface area contributed by atoms with Crippen molar-refractivity contribution >= 4 is 35.5 Å². The Morgan fingerprint density at radius 1 is 1.05 bits per heavy atom. The number of carboxylic acids is 1. The first-order valence-corrected chi connectivity index (χ1v) is 14.6. The first-order chi connectivity index (χ1) is 19.0. The number of amides is 2. The van der Waals surface area contributed by atoms with E-state index in [4.69, 9.17) is 14.6 Å². The summed E-state index contributed by atoms with van der Waals surface area (Å²) in [6.45, 7) is 2.86. The van der Waals surface area contributed by atoms with Crippen molar-refractivity contribution in [3.8, 4) is 0 Å². The number of alkyl halides is 3. The van der Waals surface area contributed by atoms with Crippen LogP contribution in [0.4, 0.5) is 13.2 Å². The van der Waals surface area contributed by atoms with Crippen LogP contribution in [0.25, 0.3) is 0 Å². The van der Waals surface area contributed by atoms with E-state index in [2.05, 4.69) is 29.2 Å². The summed E-state index contributed by atoms with van der Waals surface area (Å²) < 4.78 is 37.0. The number of carbonyl (C=O) groups excluding carboxylic acids is 3. The van der Waals surface area contributed by atoms with Crippen LogP contribution in [-0.4, -0.2) is 75.8 Å². The molecule has 1 aliphatic carbocycles. The molecule has 220 valence electrons. The lowest BCUT2D eigenvalue weighted by molar-refractivity contribution is -0.192. The predicted octanol–water partition coefficient (Wildman–Crippen LogP) is 4.82. The molecule has 5 rings (SSSR count). The van der Waals surface area contributed by atoms with Crippen molar-refractivity contribution in [1.82, 2.24) is 9.80 Å². The van der Waals surface area contributed by atoms with Crippen LogP contribution in [0.2, 0.25) is 0 Å². The molecule has 3 heterocycles. The summed E-state index contributed by atoms with van der Waals surface area (Å²) in [6.07, 6.45) is 3.81. The van der Waals surface area contributed by atoms with Gasteiger partial charge in [0.1, 0.15) is 5.54 Å². The average Bonchev–Trinajstić information content (AvgIpc) is 3.39. The number of hydrogen-bond acceptors (Lipinski definition) is 7. The largest absolute Gasteiger partial charge is 0.490 e. The minimum atomic E-state index is -5.08. The van der Waals surface area contributed by atoms with Gasteiger partial charge in [0, 0.05) is 22.7 Å². The fourth-order valence-corrected chi connectivity index (χ4v) is 8.09. The van der Waals surface area contributed by atoms with Crippen LogP contribution in [0, 0.1) is 11.8 Å². The molecule has 1 aromatic carbocycles. The number of thioether (sulfide) groups is 1. The van der Waals surface area contributed by atoms with Crippen LogP contribution in [0.15, 0.2) is 29.2 Å². The number of likely N-dealkylation sites (tertiary alicyclic amines) is 1. The highest BCUT2D eigenvalue weighted by Crippen LogP contribution is 2.58. The van der Waals surface area contributed by atoms with Gasteiger partial charge in [0.25, 0.3) is 0 Å². The number of ether oxygens (including phenoxy) is 1. The van der Waals surface area contributed by atoms with Crippen molar-refractivity contribution in [3.05, 3.63) is 29.8 Å². The van der Waals surface area contributed by atoms with Gasteiger partial charge in [-0.15, -0.1) is 11.8 Å². The Morgan fingerprint density at radius 2 is 1.68 bits per heavy atom. The topological polar surface area (TPSA) is 104 Å². The van der Waals surface area contributed by atoms with Crippen molar-refractivity contribution in [3.63, 3.8) is 0 Å². The number of piperidine rings is 1. The van der Waals surface area contributed by atoms with E-state index in [9.17, 15) is 27.6 Å². The molecule has 8 nitrogen and oxygen atoms in total. The molecule has 4 aliphatic rings. The second-order valence-electron chi connectivity index (χ2n) is 10.7. The van der Waals surface area contributed by atoms with E-state index in [0.717, 1.165) is 18.4 Å². The van der Waals surface area contributed by atoms with Crippen molar-refractivity contribution in [2.45, 2.75) is 86.2 Å². The number of carboxylic acid groups (broad SMARTS) is 1. The van der Waals surface area contributed by atoms with E-state index in [0.29, 0.717) is 24.8 Å². The number of fused-ring (bicyclic) bond motifs is 3. The molecule has 2 amide bonds. The van der Waals surface area contributed by atoms with Gasteiger partial charge in [0.2, 0.25) is 11.8 Å². The highest BCUT2D eigenvalue weighted by Gasteiger charge is 2.72. The molecule has 4 fully saturated rings. The van der Waals surface area contributed by atoms with Crippen molar-refractivity contribution in [2.24, 2.45) is 11.8 Å². The molecule has 0 bridgehead atoms. The zero-order valence-corrected chi connectivity index (χ0v) is 23.4. The van der Waals surface area contributed by atoms with Crippen molar-refractivity contribution in [2.75, 3.05) is 20.2 Å². The van der Waals surface area contributed by atoms with Gasteiger partial charge in [-0.05, 0) is 63.3 Å². The smallest absolute Gasteiger partial charge is 0.475 e. The molecule has 0 unspecified atom stereocenters. The van der Waals surface area contributed by atoms with Crippen LogP contribution in [0.1, 0.15) is 69.9 Å². The number of nitrogens with zero attached hydrogens (tertiary/aromatic N) is 2. The summed E-state index contributed by atoms with van der Waals surface area (Å²) in [5, 5.41) is 7.81. The summed E-state index contributed by atoms with van der Waals surface area (Å²) in [5.74, 6) is -4.69. The van der Waals surface area contributed by atoms with Crippen molar-refractivity contribution in [1.29, 1.82) is 0 Å². The van der Waals surface area contributed by atoms with Gasteiger partial charge in [0.05, 0.1) is 18.9 Å². The molecule has 0 aromatic heterocycles. The summed E-state index contributed by atoms with van der Waals surface area (Å²) >= 11 is 1.95. The third-order valence-electron chi connectivity index (χ3n) is 8.53. The minimum absolute atomic E-state index is 0.143. The Hall–Kier alpha value is -2.60. The molecule has 1 aromatic rings. The summed E-state index contributed by atoms with van der Waals surface area (Å²) in [4.78, 5) is 53.8. The van der Waals surface area contributed by atoms with Gasteiger partial charge in [-0.3, -0.25) is 24.2 Å². The molecule has 1 saturated carbocycles. The number of aliphatic carboxylic acids is 1. The highest BCUT2D eigenvalue weighted by molar-refractivity contribution is 8.00. The van der Waals surface area contributed by atoms with Gasteiger partial charge >= 0.3 is 18.1 Å². The van der Waals surface area contributed by atoms with Gasteiger partial charge < -0.3 is 9.84 Å². The van der Waals surface area contributed by atoms with E-state index >= 15 is 0 Å². The van der Waals surface area contributed by atoms with E-state index in [-0.39, 0.29) is 23.8 Å². The highest BCUT2D eigenvalue weighted by atomic mass is 32.2. The first-order valence-electron chi connectivity index (χ1n) is 13.7. The number of carbonyl (C=O) groups is 4. The normalized spacial score (nSPS) is 28.9. The summed E-state index contributed by atoms with van der Waals surface area (Å²) in [7, 11) is 1.39. The molecule has 0 radical (unpaired) electrons. The number of imide groups is 1. The van der Waals surface area contributed by atoms with E-state index < -0.39 is 29.5 Å². The first kappa shape index (κ1) is 30.4. The fourth-order valence-electron chi connectivity index (χ4n) is 6.85. The second-order valence-corrected chi connectivity index (χ2v) is 12.1. The molecule has 40 heavy (non-hydrogen) atoms.